The molecule has 0 aromatic carbocycles. The molecule has 0 saturated carbocycles. The third-order valence-electron chi connectivity index (χ3n) is 2.86. The molecule has 1 heterocycles. The van der Waals surface area contributed by atoms with Gasteiger partial charge in [0.1, 0.15) is 0 Å². The summed E-state index contributed by atoms with van der Waals surface area (Å²) in [6.07, 6.45) is 8.38. The van der Waals surface area contributed by atoms with E-state index in [1.807, 2.05) is 19.1 Å². The van der Waals surface area contributed by atoms with Gasteiger partial charge < -0.3 is 5.11 Å². The van der Waals surface area contributed by atoms with Gasteiger partial charge in [0, 0.05) is 6.20 Å². The number of pyridine rings is 1. The molecule has 1 aromatic heterocycles. The van der Waals surface area contributed by atoms with Gasteiger partial charge in [0.05, 0.1) is 11.8 Å². The average Bonchev–Trinajstić information content (AvgIpc) is 2.28. The number of nitrogens with zero attached hydrogens (tertiary/aromatic N) is 1. The van der Waals surface area contributed by atoms with Crippen molar-refractivity contribution in [3.8, 4) is 0 Å². The number of aliphatic hydroxyl groups excluding tert-OH is 1. The third-order valence-corrected chi connectivity index (χ3v) is 2.86. The highest BCUT2D eigenvalue weighted by atomic mass is 16.3. The first-order chi connectivity index (χ1) is 7.74. The van der Waals surface area contributed by atoms with Crippen molar-refractivity contribution in [1.82, 2.24) is 4.98 Å². The molecule has 1 N–H and O–H groups in total. The summed E-state index contributed by atoms with van der Waals surface area (Å²) in [5.74, 6) is 0. The zero-order chi connectivity index (χ0) is 11.8. The lowest BCUT2D eigenvalue weighted by atomic mass is 10.0. The Hall–Kier alpha value is -0.890. The van der Waals surface area contributed by atoms with E-state index in [9.17, 15) is 5.11 Å². The van der Waals surface area contributed by atoms with Gasteiger partial charge in [-0.3, -0.25) is 4.98 Å². The number of hydrogen-bond donors (Lipinski definition) is 1. The lowest BCUT2D eigenvalue weighted by Crippen LogP contribution is -2.00. The SMILES string of the molecule is CCCCCCCC(O)c1cc(C)ccn1. The Labute approximate surface area is 98.7 Å². The molecule has 0 aliphatic carbocycles. The van der Waals surface area contributed by atoms with Gasteiger partial charge in [-0.05, 0) is 31.0 Å². The minimum absolute atomic E-state index is 0.387. The van der Waals surface area contributed by atoms with Gasteiger partial charge in [-0.2, -0.15) is 0 Å². The molecule has 0 saturated heterocycles. The van der Waals surface area contributed by atoms with Crippen LogP contribution in [0.15, 0.2) is 18.3 Å². The number of hydrogen-bond acceptors (Lipinski definition) is 2. The van der Waals surface area contributed by atoms with Gasteiger partial charge in [0.15, 0.2) is 0 Å². The predicted octanol–water partition coefficient (Wildman–Crippen LogP) is 3.78. The van der Waals surface area contributed by atoms with Crippen LogP contribution in [0.25, 0.3) is 0 Å². The molecule has 0 bridgehead atoms. The fourth-order valence-electron chi connectivity index (χ4n) is 1.83. The molecule has 0 fully saturated rings. The van der Waals surface area contributed by atoms with Crippen molar-refractivity contribution >= 4 is 0 Å². The van der Waals surface area contributed by atoms with Crippen LogP contribution in [0.3, 0.4) is 0 Å². The van der Waals surface area contributed by atoms with Crippen molar-refractivity contribution in [2.75, 3.05) is 0 Å². The molecular formula is C14H23NO. The summed E-state index contributed by atoms with van der Waals surface area (Å²) in [5, 5.41) is 9.94. The molecule has 1 aromatic rings. The molecular weight excluding hydrogens is 198 g/mol. The smallest absolute Gasteiger partial charge is 0.0959 e. The molecule has 1 atom stereocenters. The molecule has 0 spiro atoms. The van der Waals surface area contributed by atoms with Gasteiger partial charge in [-0.1, -0.05) is 39.0 Å². The fraction of sp³-hybridized carbons (Fsp3) is 0.643. The van der Waals surface area contributed by atoms with Crippen LogP contribution >= 0.6 is 0 Å². The van der Waals surface area contributed by atoms with E-state index in [4.69, 9.17) is 0 Å². The molecule has 0 radical (unpaired) electrons. The predicted molar refractivity (Wildman–Crippen MR) is 67.3 cm³/mol. The van der Waals surface area contributed by atoms with Gasteiger partial charge in [-0.25, -0.2) is 0 Å². The van der Waals surface area contributed by atoms with Crippen LogP contribution in [0.2, 0.25) is 0 Å². The van der Waals surface area contributed by atoms with E-state index in [1.165, 1.54) is 25.7 Å². The zero-order valence-corrected chi connectivity index (χ0v) is 10.4. The van der Waals surface area contributed by atoms with Crippen molar-refractivity contribution in [2.45, 2.75) is 58.5 Å². The zero-order valence-electron chi connectivity index (χ0n) is 10.4. The topological polar surface area (TPSA) is 33.1 Å². The quantitative estimate of drug-likeness (QED) is 0.711. The maximum Gasteiger partial charge on any atom is 0.0959 e. The molecule has 0 aliphatic heterocycles. The molecule has 1 rings (SSSR count). The Balaban J connectivity index is 2.27. The highest BCUT2D eigenvalue weighted by Gasteiger charge is 2.08. The summed E-state index contributed by atoms with van der Waals surface area (Å²) in [7, 11) is 0. The Morgan fingerprint density at radius 1 is 1.25 bits per heavy atom. The summed E-state index contributed by atoms with van der Waals surface area (Å²) in [6, 6.07) is 3.92. The van der Waals surface area contributed by atoms with Crippen LogP contribution < -0.4 is 0 Å². The highest BCUT2D eigenvalue weighted by molar-refractivity contribution is 5.15. The molecule has 2 heteroatoms. The van der Waals surface area contributed by atoms with Crippen LogP contribution in [0.4, 0.5) is 0 Å². The Morgan fingerprint density at radius 2 is 2.00 bits per heavy atom. The fourth-order valence-corrected chi connectivity index (χ4v) is 1.83. The maximum atomic E-state index is 9.94. The second-order valence-corrected chi connectivity index (χ2v) is 4.48. The summed E-state index contributed by atoms with van der Waals surface area (Å²) < 4.78 is 0. The maximum absolute atomic E-state index is 9.94. The van der Waals surface area contributed by atoms with E-state index < -0.39 is 0 Å². The van der Waals surface area contributed by atoms with E-state index >= 15 is 0 Å². The van der Waals surface area contributed by atoms with Crippen molar-refractivity contribution in [1.29, 1.82) is 0 Å². The lowest BCUT2D eigenvalue weighted by molar-refractivity contribution is 0.158. The first-order valence-corrected chi connectivity index (χ1v) is 6.34. The molecule has 2 nitrogen and oxygen atoms in total. The van der Waals surface area contributed by atoms with Gasteiger partial charge in [0.25, 0.3) is 0 Å². The summed E-state index contributed by atoms with van der Waals surface area (Å²) >= 11 is 0. The second-order valence-electron chi connectivity index (χ2n) is 4.48. The summed E-state index contributed by atoms with van der Waals surface area (Å²) in [6.45, 7) is 4.24. The Bertz CT molecular complexity index is 299. The molecule has 90 valence electrons. The monoisotopic (exact) mass is 221 g/mol. The highest BCUT2D eigenvalue weighted by Crippen LogP contribution is 2.18. The van der Waals surface area contributed by atoms with E-state index in [0.29, 0.717) is 0 Å². The van der Waals surface area contributed by atoms with Crippen molar-refractivity contribution in [3.05, 3.63) is 29.6 Å². The number of rotatable bonds is 7. The minimum atomic E-state index is -0.387. The number of unbranched alkanes of at least 4 members (excludes halogenated alkanes) is 4. The van der Waals surface area contributed by atoms with E-state index in [1.54, 1.807) is 6.20 Å². The first kappa shape index (κ1) is 13.2. The van der Waals surface area contributed by atoms with E-state index in [2.05, 4.69) is 11.9 Å². The second kappa shape index (κ2) is 7.39. The third kappa shape index (κ3) is 4.75. The Kier molecular flexibility index (Phi) is 6.09. The average molecular weight is 221 g/mol. The number of aryl methyl sites for hydroxylation is 1. The van der Waals surface area contributed by atoms with Crippen LogP contribution in [0, 0.1) is 6.92 Å². The standard InChI is InChI=1S/C14H23NO/c1-3-4-5-6-7-8-14(16)13-11-12(2)9-10-15-13/h9-11,14,16H,3-8H2,1-2H3. The molecule has 1 unspecified atom stereocenters. The van der Waals surface area contributed by atoms with Gasteiger partial charge in [-0.15, -0.1) is 0 Å². The van der Waals surface area contributed by atoms with Crippen molar-refractivity contribution < 1.29 is 5.11 Å². The van der Waals surface area contributed by atoms with Crippen LogP contribution in [0.1, 0.15) is 62.8 Å². The van der Waals surface area contributed by atoms with Crippen LogP contribution in [-0.2, 0) is 0 Å². The number of aliphatic hydroxyl groups is 1. The van der Waals surface area contributed by atoms with Crippen molar-refractivity contribution in [2.24, 2.45) is 0 Å². The van der Waals surface area contributed by atoms with Gasteiger partial charge in [0.2, 0.25) is 0 Å². The van der Waals surface area contributed by atoms with E-state index in [-0.39, 0.29) is 6.10 Å². The lowest BCUT2D eigenvalue weighted by Gasteiger charge is -2.10. The molecule has 16 heavy (non-hydrogen) atoms. The minimum Gasteiger partial charge on any atom is -0.387 e. The van der Waals surface area contributed by atoms with E-state index in [0.717, 1.165) is 24.1 Å². The summed E-state index contributed by atoms with van der Waals surface area (Å²) in [5.41, 5.74) is 1.98. The molecule has 0 aliphatic rings. The molecule has 0 amide bonds. The summed E-state index contributed by atoms with van der Waals surface area (Å²) in [4.78, 5) is 4.20. The number of aromatic nitrogens is 1. The van der Waals surface area contributed by atoms with Crippen LogP contribution in [0.5, 0.6) is 0 Å². The normalized spacial score (nSPS) is 12.7. The van der Waals surface area contributed by atoms with Gasteiger partial charge >= 0.3 is 0 Å². The first-order valence-electron chi connectivity index (χ1n) is 6.34. The largest absolute Gasteiger partial charge is 0.387 e. The Morgan fingerprint density at radius 3 is 2.69 bits per heavy atom. The van der Waals surface area contributed by atoms with Crippen LogP contribution in [-0.4, -0.2) is 10.1 Å². The van der Waals surface area contributed by atoms with Crippen molar-refractivity contribution in [3.63, 3.8) is 0 Å².